The van der Waals surface area contributed by atoms with Crippen LogP contribution in [-0.2, 0) is 0 Å². The summed E-state index contributed by atoms with van der Waals surface area (Å²) in [4.78, 5) is 23.1. The molecule has 0 aliphatic carbocycles. The third-order valence-electron chi connectivity index (χ3n) is 2.87. The fourth-order valence-electron chi connectivity index (χ4n) is 2.03. The molecule has 6 nitrogen and oxygen atoms in total. The zero-order valence-corrected chi connectivity index (χ0v) is 9.13. The van der Waals surface area contributed by atoms with Crippen LogP contribution in [0, 0.1) is 10.1 Å². The first-order chi connectivity index (χ1) is 8.09. The van der Waals surface area contributed by atoms with Crippen LogP contribution in [-0.4, -0.2) is 29.1 Å². The standard InChI is InChI=1S/C11H12N2O4/c14-11(15)8-3-4-9(10(7-8)13(16)17)12-5-1-2-6-12/h3-4,7H,1-2,5-6H2,(H,14,15). The summed E-state index contributed by atoms with van der Waals surface area (Å²) < 4.78 is 0. The highest BCUT2D eigenvalue weighted by atomic mass is 16.6. The first kappa shape index (κ1) is 11.4. The van der Waals surface area contributed by atoms with E-state index in [-0.39, 0.29) is 11.3 Å². The summed E-state index contributed by atoms with van der Waals surface area (Å²) in [6, 6.07) is 4.05. The van der Waals surface area contributed by atoms with Gasteiger partial charge in [-0.3, -0.25) is 10.1 Å². The van der Waals surface area contributed by atoms with Crippen LogP contribution in [0.1, 0.15) is 23.2 Å². The van der Waals surface area contributed by atoms with E-state index in [1.807, 2.05) is 4.90 Å². The number of hydrogen-bond donors (Lipinski definition) is 1. The Balaban J connectivity index is 2.44. The van der Waals surface area contributed by atoms with Crippen LogP contribution < -0.4 is 4.90 Å². The van der Waals surface area contributed by atoms with Gasteiger partial charge < -0.3 is 10.0 Å². The zero-order valence-electron chi connectivity index (χ0n) is 9.13. The molecule has 0 saturated carbocycles. The average Bonchev–Trinajstić information content (AvgIpc) is 2.81. The molecule has 0 unspecified atom stereocenters. The largest absolute Gasteiger partial charge is 0.478 e. The molecular formula is C11H12N2O4. The Morgan fingerprint density at radius 1 is 1.35 bits per heavy atom. The van der Waals surface area contributed by atoms with Crippen LogP contribution in [0.15, 0.2) is 18.2 Å². The smallest absolute Gasteiger partial charge is 0.335 e. The van der Waals surface area contributed by atoms with Crippen LogP contribution >= 0.6 is 0 Å². The number of hydrogen-bond acceptors (Lipinski definition) is 4. The Labute approximate surface area is 97.6 Å². The molecule has 1 aromatic carbocycles. The Morgan fingerprint density at radius 2 is 2.00 bits per heavy atom. The van der Waals surface area contributed by atoms with Gasteiger partial charge in [0.05, 0.1) is 10.5 Å². The maximum atomic E-state index is 10.9. The van der Waals surface area contributed by atoms with Gasteiger partial charge in [0, 0.05) is 19.2 Å². The number of carbonyl (C=O) groups is 1. The molecule has 0 bridgehead atoms. The summed E-state index contributed by atoms with van der Waals surface area (Å²) in [5.74, 6) is -1.15. The van der Waals surface area contributed by atoms with Gasteiger partial charge in [-0.1, -0.05) is 0 Å². The number of rotatable bonds is 3. The SMILES string of the molecule is O=C(O)c1ccc(N2CCCC2)c([N+](=O)[O-])c1. The average molecular weight is 236 g/mol. The van der Waals surface area contributed by atoms with Crippen LogP contribution in [0.5, 0.6) is 0 Å². The minimum atomic E-state index is -1.15. The van der Waals surface area contributed by atoms with Crippen LogP contribution in [0.3, 0.4) is 0 Å². The lowest BCUT2D eigenvalue weighted by atomic mass is 10.1. The molecule has 0 atom stereocenters. The quantitative estimate of drug-likeness (QED) is 0.640. The Kier molecular flexibility index (Phi) is 2.95. The van der Waals surface area contributed by atoms with Crippen LogP contribution in [0.2, 0.25) is 0 Å². The molecule has 90 valence electrons. The van der Waals surface area contributed by atoms with E-state index in [1.165, 1.54) is 12.1 Å². The number of nitrogens with zero attached hydrogens (tertiary/aromatic N) is 2. The highest BCUT2D eigenvalue weighted by Gasteiger charge is 2.23. The monoisotopic (exact) mass is 236 g/mol. The van der Waals surface area contributed by atoms with Crippen LogP contribution in [0.25, 0.3) is 0 Å². The van der Waals surface area contributed by atoms with Crippen molar-refractivity contribution in [3.63, 3.8) is 0 Å². The molecule has 2 rings (SSSR count). The van der Waals surface area contributed by atoms with E-state index >= 15 is 0 Å². The summed E-state index contributed by atoms with van der Waals surface area (Å²) in [6.45, 7) is 1.57. The first-order valence-electron chi connectivity index (χ1n) is 5.36. The molecule has 0 radical (unpaired) electrons. The third-order valence-corrected chi connectivity index (χ3v) is 2.87. The molecule has 17 heavy (non-hydrogen) atoms. The molecule has 0 amide bonds. The Morgan fingerprint density at radius 3 is 2.53 bits per heavy atom. The summed E-state index contributed by atoms with van der Waals surface area (Å²) in [7, 11) is 0. The molecule has 0 spiro atoms. The molecule has 1 saturated heterocycles. The molecule has 1 heterocycles. The van der Waals surface area contributed by atoms with Crippen molar-refractivity contribution in [2.45, 2.75) is 12.8 Å². The van der Waals surface area contributed by atoms with E-state index in [0.717, 1.165) is 32.0 Å². The van der Waals surface area contributed by atoms with Gasteiger partial charge in [-0.25, -0.2) is 4.79 Å². The van der Waals surface area contributed by atoms with Crippen molar-refractivity contribution in [3.05, 3.63) is 33.9 Å². The van der Waals surface area contributed by atoms with Gasteiger partial charge in [0.2, 0.25) is 0 Å². The second kappa shape index (κ2) is 4.40. The van der Waals surface area contributed by atoms with Gasteiger partial charge in [-0.15, -0.1) is 0 Å². The summed E-state index contributed by atoms with van der Waals surface area (Å²) >= 11 is 0. The fraction of sp³-hybridized carbons (Fsp3) is 0.364. The fourth-order valence-corrected chi connectivity index (χ4v) is 2.03. The number of nitro groups is 1. The normalized spacial score (nSPS) is 14.9. The van der Waals surface area contributed by atoms with Crippen molar-refractivity contribution in [2.24, 2.45) is 0 Å². The van der Waals surface area contributed by atoms with E-state index in [1.54, 1.807) is 0 Å². The molecule has 1 N–H and O–H groups in total. The topological polar surface area (TPSA) is 83.7 Å². The molecule has 1 aromatic rings. The summed E-state index contributed by atoms with van der Waals surface area (Å²) in [5.41, 5.74) is 0.323. The predicted octanol–water partition coefficient (Wildman–Crippen LogP) is 1.89. The van der Waals surface area contributed by atoms with E-state index < -0.39 is 10.9 Å². The Hall–Kier alpha value is -2.11. The van der Waals surface area contributed by atoms with Crippen molar-refractivity contribution in [1.29, 1.82) is 0 Å². The summed E-state index contributed by atoms with van der Waals surface area (Å²) in [5, 5.41) is 19.8. The van der Waals surface area contributed by atoms with Gasteiger partial charge in [-0.05, 0) is 25.0 Å². The first-order valence-corrected chi connectivity index (χ1v) is 5.36. The van der Waals surface area contributed by atoms with Gasteiger partial charge in [0.15, 0.2) is 0 Å². The van der Waals surface area contributed by atoms with Crippen molar-refractivity contribution < 1.29 is 14.8 Å². The van der Waals surface area contributed by atoms with E-state index in [4.69, 9.17) is 5.11 Å². The van der Waals surface area contributed by atoms with E-state index in [2.05, 4.69) is 0 Å². The van der Waals surface area contributed by atoms with Crippen molar-refractivity contribution in [1.82, 2.24) is 0 Å². The maximum Gasteiger partial charge on any atom is 0.335 e. The lowest BCUT2D eigenvalue weighted by Crippen LogP contribution is -2.19. The Bertz CT molecular complexity index is 467. The molecule has 0 aromatic heterocycles. The van der Waals surface area contributed by atoms with Crippen LogP contribution in [0.4, 0.5) is 11.4 Å². The number of nitro benzene ring substituents is 1. The maximum absolute atomic E-state index is 10.9. The van der Waals surface area contributed by atoms with Crippen molar-refractivity contribution in [3.8, 4) is 0 Å². The molecule has 1 fully saturated rings. The number of carboxylic acids is 1. The van der Waals surface area contributed by atoms with Gasteiger partial charge in [0.25, 0.3) is 5.69 Å². The van der Waals surface area contributed by atoms with Crippen molar-refractivity contribution in [2.75, 3.05) is 18.0 Å². The zero-order chi connectivity index (χ0) is 12.4. The lowest BCUT2D eigenvalue weighted by Gasteiger charge is -2.17. The number of carboxylic acid groups (broad SMARTS) is 1. The van der Waals surface area contributed by atoms with E-state index in [0.29, 0.717) is 5.69 Å². The van der Waals surface area contributed by atoms with Gasteiger partial charge in [-0.2, -0.15) is 0 Å². The van der Waals surface area contributed by atoms with Gasteiger partial charge >= 0.3 is 5.97 Å². The molecule has 1 aliphatic rings. The second-order valence-corrected chi connectivity index (χ2v) is 3.96. The highest BCUT2D eigenvalue weighted by molar-refractivity contribution is 5.89. The number of benzene rings is 1. The number of anilines is 1. The summed E-state index contributed by atoms with van der Waals surface area (Å²) in [6.07, 6.45) is 2.02. The lowest BCUT2D eigenvalue weighted by molar-refractivity contribution is -0.384. The number of aromatic carboxylic acids is 1. The second-order valence-electron chi connectivity index (χ2n) is 3.96. The van der Waals surface area contributed by atoms with E-state index in [9.17, 15) is 14.9 Å². The minimum Gasteiger partial charge on any atom is -0.478 e. The minimum absolute atomic E-state index is 0.0559. The van der Waals surface area contributed by atoms with Crippen molar-refractivity contribution >= 4 is 17.3 Å². The third kappa shape index (κ3) is 2.20. The van der Waals surface area contributed by atoms with Gasteiger partial charge in [0.1, 0.15) is 5.69 Å². The molecule has 6 heteroatoms. The predicted molar refractivity (Wildman–Crippen MR) is 61.5 cm³/mol. The molecule has 1 aliphatic heterocycles. The molecular weight excluding hydrogens is 224 g/mol. The highest BCUT2D eigenvalue weighted by Crippen LogP contribution is 2.31.